The Labute approximate surface area is 336 Å². The fourth-order valence-corrected chi connectivity index (χ4v) is 6.37. The Morgan fingerprint density at radius 2 is 1.07 bits per heavy atom. The Morgan fingerprint density at radius 1 is 0.685 bits per heavy atom. The molecule has 4 rings (SSSR count). The highest BCUT2D eigenvalue weighted by Gasteiger charge is 2.15. The topological polar surface area (TPSA) is 137 Å². The first-order valence-electron chi connectivity index (χ1n) is 17.1. The van der Waals surface area contributed by atoms with Crippen LogP contribution in [0.2, 0.25) is 20.1 Å². The lowest BCUT2D eigenvalue weighted by molar-refractivity contribution is -0.123. The third kappa shape index (κ3) is 13.5. The van der Waals surface area contributed by atoms with E-state index < -0.39 is 0 Å². The Hall–Kier alpha value is -4.30. The lowest BCUT2D eigenvalue weighted by atomic mass is 9.96. The fourth-order valence-electron chi connectivity index (χ4n) is 5.17. The van der Waals surface area contributed by atoms with Crippen molar-refractivity contribution in [2.45, 2.75) is 52.4 Å². The largest absolute Gasteiger partial charge is 0.508 e. The number of carbonyl (C=O) groups is 2. The smallest absolute Gasteiger partial charge is 0.258 e. The van der Waals surface area contributed by atoms with Gasteiger partial charge in [-0.3, -0.25) is 9.59 Å². The number of rotatable bonds is 15. The van der Waals surface area contributed by atoms with E-state index in [1.165, 1.54) is 0 Å². The molecule has 0 unspecified atom stereocenters. The van der Waals surface area contributed by atoms with Gasteiger partial charge in [-0.05, 0) is 81.6 Å². The van der Waals surface area contributed by atoms with Gasteiger partial charge in [0.2, 0.25) is 0 Å². The molecule has 0 heterocycles. The van der Waals surface area contributed by atoms with Gasteiger partial charge < -0.3 is 35.4 Å². The molecule has 0 fully saturated rings. The van der Waals surface area contributed by atoms with E-state index in [4.69, 9.17) is 67.4 Å². The minimum absolute atomic E-state index is 0.131. The van der Waals surface area contributed by atoms with Crippen molar-refractivity contribution in [3.63, 3.8) is 0 Å². The zero-order chi connectivity index (χ0) is 39.9. The van der Waals surface area contributed by atoms with E-state index in [0.717, 1.165) is 33.4 Å². The number of hydrogen-bond acceptors (Lipinski definition) is 7. The number of aromatic hydroxyl groups is 2. The molecule has 0 saturated carbocycles. The van der Waals surface area contributed by atoms with Crippen molar-refractivity contribution in [1.82, 2.24) is 10.6 Å². The summed E-state index contributed by atoms with van der Waals surface area (Å²) in [6, 6.07) is 17.4. The van der Waals surface area contributed by atoms with Crippen LogP contribution in [0.4, 0.5) is 0 Å². The van der Waals surface area contributed by atoms with E-state index in [1.54, 1.807) is 36.4 Å². The molecule has 0 bridgehead atoms. The SMILES string of the molecule is C#CCNC(=O)COc1cc(Cl)c(Cc2ccc(O)c(C(C)C)c2)c(Cl)c1.CC(C)c1cc(Cc2c(Cl)cc(OCC(=O)NCCO)cc2Cl)ccc1O. The van der Waals surface area contributed by atoms with E-state index >= 15 is 0 Å². The maximum Gasteiger partial charge on any atom is 0.258 e. The number of benzene rings is 4. The molecule has 0 atom stereocenters. The molecule has 0 spiro atoms. The Morgan fingerprint density at radius 3 is 1.43 bits per heavy atom. The summed E-state index contributed by atoms with van der Waals surface area (Å²) in [5.74, 6) is 3.39. The van der Waals surface area contributed by atoms with Crippen molar-refractivity contribution in [1.29, 1.82) is 0 Å². The van der Waals surface area contributed by atoms with Gasteiger partial charge in [-0.15, -0.1) is 6.42 Å². The summed E-state index contributed by atoms with van der Waals surface area (Å²) < 4.78 is 10.8. The normalized spacial score (nSPS) is 10.7. The van der Waals surface area contributed by atoms with E-state index in [0.29, 0.717) is 44.4 Å². The highest BCUT2D eigenvalue weighted by molar-refractivity contribution is 6.36. The highest BCUT2D eigenvalue weighted by atomic mass is 35.5. The Bertz CT molecular complexity index is 1910. The number of amides is 2. The summed E-state index contributed by atoms with van der Waals surface area (Å²) in [5, 5.41) is 35.4. The monoisotopic (exact) mass is 816 g/mol. The molecule has 0 aliphatic heterocycles. The van der Waals surface area contributed by atoms with Crippen LogP contribution in [0.5, 0.6) is 23.0 Å². The lowest BCUT2D eigenvalue weighted by Gasteiger charge is -2.14. The maximum absolute atomic E-state index is 11.5. The van der Waals surface area contributed by atoms with Crippen LogP contribution >= 0.6 is 46.4 Å². The van der Waals surface area contributed by atoms with Crippen molar-refractivity contribution in [2.75, 3.05) is 32.9 Å². The molecule has 54 heavy (non-hydrogen) atoms. The van der Waals surface area contributed by atoms with Crippen LogP contribution in [0.15, 0.2) is 60.7 Å². The number of aliphatic hydroxyl groups is 1. The summed E-state index contributed by atoms with van der Waals surface area (Å²) in [6.07, 6.45) is 6.11. The number of carbonyl (C=O) groups excluding carboxylic acids is 2. The Kier molecular flexibility index (Phi) is 17.6. The molecule has 0 aliphatic carbocycles. The van der Waals surface area contributed by atoms with Crippen molar-refractivity contribution in [3.8, 4) is 35.3 Å². The maximum atomic E-state index is 11.5. The molecule has 4 aromatic carbocycles. The molecular formula is C41H44Cl4N2O7. The fraction of sp³-hybridized carbons (Fsp3) is 0.317. The van der Waals surface area contributed by atoms with Crippen LogP contribution < -0.4 is 20.1 Å². The van der Waals surface area contributed by atoms with Gasteiger partial charge in [-0.25, -0.2) is 0 Å². The van der Waals surface area contributed by atoms with Gasteiger partial charge in [0.25, 0.3) is 11.8 Å². The minimum Gasteiger partial charge on any atom is -0.508 e. The third-order valence-corrected chi connectivity index (χ3v) is 9.33. The lowest BCUT2D eigenvalue weighted by Crippen LogP contribution is -2.31. The van der Waals surface area contributed by atoms with Crippen molar-refractivity contribution < 1.29 is 34.4 Å². The number of halogens is 4. The van der Waals surface area contributed by atoms with Crippen molar-refractivity contribution in [3.05, 3.63) is 114 Å². The first-order chi connectivity index (χ1) is 25.6. The second kappa shape index (κ2) is 21.6. The number of phenols is 2. The number of terminal acetylenes is 1. The van der Waals surface area contributed by atoms with Crippen LogP contribution in [0, 0.1) is 12.3 Å². The van der Waals surface area contributed by atoms with Crippen LogP contribution in [-0.4, -0.2) is 60.0 Å². The molecule has 9 nitrogen and oxygen atoms in total. The molecule has 2 amide bonds. The number of hydrogen-bond donors (Lipinski definition) is 5. The minimum atomic E-state index is -0.342. The Balaban J connectivity index is 0.000000290. The summed E-state index contributed by atoms with van der Waals surface area (Å²) in [5.41, 5.74) is 5.21. The average Bonchev–Trinajstić information content (AvgIpc) is 3.12. The van der Waals surface area contributed by atoms with Crippen molar-refractivity contribution in [2.24, 2.45) is 0 Å². The van der Waals surface area contributed by atoms with Crippen LogP contribution in [0.25, 0.3) is 0 Å². The average molecular weight is 819 g/mol. The second-order valence-electron chi connectivity index (χ2n) is 12.8. The number of phenolic OH excluding ortho intramolecular Hbond substituents is 2. The molecule has 4 aromatic rings. The zero-order valence-electron chi connectivity index (χ0n) is 30.4. The van der Waals surface area contributed by atoms with Gasteiger partial charge in [0.05, 0.1) is 13.2 Å². The van der Waals surface area contributed by atoms with Gasteiger partial charge >= 0.3 is 0 Å². The van der Waals surface area contributed by atoms with E-state index in [1.807, 2.05) is 52.0 Å². The third-order valence-electron chi connectivity index (χ3n) is 7.98. The molecule has 0 aliphatic rings. The molecular weight excluding hydrogens is 774 g/mol. The first-order valence-corrected chi connectivity index (χ1v) is 18.6. The first kappa shape index (κ1) is 44.1. The number of aliphatic hydroxyl groups excluding tert-OH is 1. The summed E-state index contributed by atoms with van der Waals surface area (Å²) in [6.45, 7) is 7.89. The highest BCUT2D eigenvalue weighted by Crippen LogP contribution is 2.35. The van der Waals surface area contributed by atoms with Crippen LogP contribution in [0.3, 0.4) is 0 Å². The van der Waals surface area contributed by atoms with Gasteiger partial charge in [0.1, 0.15) is 23.0 Å². The number of ether oxygens (including phenoxy) is 2. The van der Waals surface area contributed by atoms with E-state index in [2.05, 4.69) is 16.6 Å². The molecule has 0 aromatic heterocycles. The predicted octanol–water partition coefficient (Wildman–Crippen LogP) is 8.44. The molecule has 0 radical (unpaired) electrons. The predicted molar refractivity (Wildman–Crippen MR) is 216 cm³/mol. The van der Waals surface area contributed by atoms with Crippen molar-refractivity contribution >= 4 is 58.2 Å². The molecule has 288 valence electrons. The van der Waals surface area contributed by atoms with E-state index in [-0.39, 0.29) is 68.1 Å². The quantitative estimate of drug-likeness (QED) is 0.0760. The van der Waals surface area contributed by atoms with Crippen LogP contribution in [0.1, 0.15) is 72.9 Å². The molecule has 5 N–H and O–H groups in total. The molecule has 0 saturated heterocycles. The second-order valence-corrected chi connectivity index (χ2v) is 14.4. The van der Waals surface area contributed by atoms with Crippen LogP contribution in [-0.2, 0) is 22.4 Å². The van der Waals surface area contributed by atoms with Gasteiger partial charge in [0.15, 0.2) is 13.2 Å². The van der Waals surface area contributed by atoms with Gasteiger partial charge in [0, 0.05) is 39.5 Å². The van der Waals surface area contributed by atoms with Gasteiger partial charge in [-0.1, -0.05) is 104 Å². The standard InChI is InChI=1S/C21H21Cl2NO3.C20H23Cl2NO4/c1-4-7-24-21(26)12-27-15-10-18(22)17(19(23)11-15)9-14-5-6-20(25)16(8-14)13(2)3;1-12(2)15-7-13(3-4-19(15)25)8-16-17(21)9-14(10-18(16)22)27-11-20(26)23-5-6-24/h1,5-6,8,10-11,13,25H,7,9,12H2,2-3H3,(H,24,26);3-4,7,9-10,12,24-25H,5-6,8,11H2,1-2H3,(H,23,26). The summed E-state index contributed by atoms with van der Waals surface area (Å²) in [4.78, 5) is 23.1. The zero-order valence-corrected chi connectivity index (χ0v) is 33.5. The summed E-state index contributed by atoms with van der Waals surface area (Å²) >= 11 is 25.5. The number of nitrogens with one attached hydrogen (secondary N) is 2. The van der Waals surface area contributed by atoms with E-state index in [9.17, 15) is 19.8 Å². The van der Waals surface area contributed by atoms with Gasteiger partial charge in [-0.2, -0.15) is 0 Å². The molecule has 13 heteroatoms. The summed E-state index contributed by atoms with van der Waals surface area (Å²) in [7, 11) is 0.